The maximum atomic E-state index is 12.8. The normalized spacial score (nSPS) is 27.5. The molecule has 14 nitrogen and oxygen atoms in total. The van der Waals surface area contributed by atoms with Crippen LogP contribution in [0.1, 0.15) is 130 Å². The van der Waals surface area contributed by atoms with Crippen molar-refractivity contribution < 1.29 is 57.0 Å². The first-order valence-corrected chi connectivity index (χ1v) is 24.1. The van der Waals surface area contributed by atoms with Crippen LogP contribution in [0.5, 0.6) is 0 Å². The minimum absolute atomic E-state index is 0.167. The van der Waals surface area contributed by atoms with Crippen LogP contribution in [0.3, 0.4) is 0 Å². The summed E-state index contributed by atoms with van der Waals surface area (Å²) in [5.74, 6) is -2.11. The third kappa shape index (κ3) is 15.3. The van der Waals surface area contributed by atoms with Gasteiger partial charge in [-0.2, -0.15) is 0 Å². The molecule has 2 aromatic rings. The van der Waals surface area contributed by atoms with Crippen molar-refractivity contribution in [1.82, 2.24) is 10.6 Å². The number of carbonyl (C=O) groups is 2. The van der Waals surface area contributed by atoms with Crippen LogP contribution in [0.2, 0.25) is 0 Å². The highest BCUT2D eigenvalue weighted by Crippen LogP contribution is 2.42. The molecule has 0 bridgehead atoms. The molecule has 0 saturated carbocycles. The molecule has 10 atom stereocenters. The Morgan fingerprint density at radius 2 is 0.906 bits per heavy atom. The van der Waals surface area contributed by atoms with Crippen molar-refractivity contribution in [3.05, 3.63) is 71.8 Å². The Kier molecular flexibility index (Phi) is 19.8. The third-order valence-electron chi connectivity index (χ3n) is 12.2. The SMILES string of the molecule is CCOC(=O)C[C@H](NCCCCCCCCCCCCN[C@@H](CC(=O)OCC)C1O[C@@H]2OC(C)(C)O[C@@H]2[C@H]1OCc1ccccc1)C1O[C@@H]2OC(C)(C)O[C@@H]2[C@H]1OCc1ccccc1. The average molecular weight is 897 g/mol. The number of benzene rings is 2. The third-order valence-corrected chi connectivity index (χ3v) is 12.2. The quantitative estimate of drug-likeness (QED) is 0.0609. The Labute approximate surface area is 381 Å². The number of ether oxygens (including phenoxy) is 10. The van der Waals surface area contributed by atoms with Gasteiger partial charge in [0.1, 0.15) is 36.6 Å². The summed E-state index contributed by atoms with van der Waals surface area (Å²) in [6.07, 6.45) is 7.94. The van der Waals surface area contributed by atoms with Crippen LogP contribution in [0, 0.1) is 0 Å². The van der Waals surface area contributed by atoms with Gasteiger partial charge < -0.3 is 58.0 Å². The highest BCUT2D eigenvalue weighted by Gasteiger charge is 2.58. The second-order valence-electron chi connectivity index (χ2n) is 18.3. The molecule has 4 heterocycles. The lowest BCUT2D eigenvalue weighted by molar-refractivity contribution is -0.223. The Morgan fingerprint density at radius 1 is 0.547 bits per heavy atom. The van der Waals surface area contributed by atoms with E-state index in [4.69, 9.17) is 47.4 Å². The second kappa shape index (κ2) is 25.2. The monoisotopic (exact) mass is 897 g/mol. The number of esters is 2. The zero-order chi connectivity index (χ0) is 45.4. The van der Waals surface area contributed by atoms with Crippen LogP contribution < -0.4 is 10.6 Å². The molecule has 0 aromatic heterocycles. The predicted octanol–water partition coefficient (Wildman–Crippen LogP) is 7.63. The van der Waals surface area contributed by atoms with Gasteiger partial charge in [0, 0.05) is 12.1 Å². The van der Waals surface area contributed by atoms with Crippen molar-refractivity contribution in [2.75, 3.05) is 26.3 Å². The van der Waals surface area contributed by atoms with E-state index in [1.54, 1.807) is 0 Å². The number of hydrogen-bond donors (Lipinski definition) is 2. The van der Waals surface area contributed by atoms with Gasteiger partial charge in [0.05, 0.1) is 39.3 Å². The molecule has 0 radical (unpaired) electrons. The van der Waals surface area contributed by atoms with Crippen LogP contribution in [0.25, 0.3) is 0 Å². The highest BCUT2D eigenvalue weighted by molar-refractivity contribution is 5.70. The summed E-state index contributed by atoms with van der Waals surface area (Å²) in [7, 11) is 0. The van der Waals surface area contributed by atoms with Crippen molar-refractivity contribution >= 4 is 11.9 Å². The number of carbonyl (C=O) groups excluding carboxylic acids is 2. The van der Waals surface area contributed by atoms with Gasteiger partial charge in [-0.05, 0) is 78.6 Å². The molecule has 14 heteroatoms. The van der Waals surface area contributed by atoms with Crippen LogP contribution in [-0.4, -0.2) is 111 Å². The molecule has 64 heavy (non-hydrogen) atoms. The van der Waals surface area contributed by atoms with Crippen LogP contribution in [0.15, 0.2) is 60.7 Å². The van der Waals surface area contributed by atoms with Gasteiger partial charge in [0.25, 0.3) is 0 Å². The molecule has 4 aliphatic heterocycles. The summed E-state index contributed by atoms with van der Waals surface area (Å²) >= 11 is 0. The Morgan fingerprint density at radius 3 is 1.27 bits per heavy atom. The Bertz CT molecular complexity index is 1540. The van der Waals surface area contributed by atoms with E-state index in [-0.39, 0.29) is 36.9 Å². The van der Waals surface area contributed by atoms with Gasteiger partial charge in [0.15, 0.2) is 24.2 Å². The minimum atomic E-state index is -0.784. The zero-order valence-electron chi connectivity index (χ0n) is 39.2. The summed E-state index contributed by atoms with van der Waals surface area (Å²) in [4.78, 5) is 25.5. The van der Waals surface area contributed by atoms with E-state index in [1.165, 1.54) is 25.7 Å². The maximum Gasteiger partial charge on any atom is 0.307 e. The first-order valence-electron chi connectivity index (χ1n) is 24.1. The van der Waals surface area contributed by atoms with E-state index in [0.717, 1.165) is 62.7 Å². The zero-order valence-corrected chi connectivity index (χ0v) is 39.2. The average Bonchev–Trinajstić information content (AvgIpc) is 3.96. The molecule has 4 fully saturated rings. The number of hydrogen-bond acceptors (Lipinski definition) is 14. The van der Waals surface area contributed by atoms with Crippen LogP contribution in [-0.2, 0) is 70.2 Å². The maximum absolute atomic E-state index is 12.8. The molecule has 2 unspecified atom stereocenters. The summed E-state index contributed by atoms with van der Waals surface area (Å²) in [6, 6.07) is 19.4. The van der Waals surface area contributed by atoms with Crippen molar-refractivity contribution in [3.8, 4) is 0 Å². The molecule has 2 N–H and O–H groups in total. The molecular weight excluding hydrogens is 821 g/mol. The molecule has 4 saturated heterocycles. The van der Waals surface area contributed by atoms with E-state index in [1.807, 2.05) is 102 Å². The fourth-order valence-electron chi connectivity index (χ4n) is 9.22. The lowest BCUT2D eigenvalue weighted by Crippen LogP contribution is -2.50. The molecule has 358 valence electrons. The number of rotatable bonds is 29. The summed E-state index contributed by atoms with van der Waals surface area (Å²) in [6.45, 7) is 14.1. The van der Waals surface area contributed by atoms with Gasteiger partial charge in [0.2, 0.25) is 0 Å². The van der Waals surface area contributed by atoms with Gasteiger partial charge in [-0.15, -0.1) is 0 Å². The van der Waals surface area contributed by atoms with E-state index in [0.29, 0.717) is 26.4 Å². The predicted molar refractivity (Wildman–Crippen MR) is 240 cm³/mol. The van der Waals surface area contributed by atoms with Crippen molar-refractivity contribution in [2.24, 2.45) is 0 Å². The number of fused-ring (bicyclic) bond motifs is 2. The highest BCUT2D eigenvalue weighted by atomic mass is 16.9. The molecule has 4 aliphatic rings. The van der Waals surface area contributed by atoms with Crippen LogP contribution >= 0.6 is 0 Å². The van der Waals surface area contributed by atoms with E-state index < -0.39 is 60.8 Å². The fourth-order valence-corrected chi connectivity index (χ4v) is 9.22. The van der Waals surface area contributed by atoms with Gasteiger partial charge in [-0.1, -0.05) is 112 Å². The number of nitrogens with one attached hydrogen (secondary N) is 2. The fraction of sp³-hybridized carbons (Fsp3) is 0.720. The Hall–Kier alpha value is -3.02. The molecule has 2 aromatic carbocycles. The van der Waals surface area contributed by atoms with Gasteiger partial charge in [-0.3, -0.25) is 9.59 Å². The molecule has 0 spiro atoms. The second-order valence-corrected chi connectivity index (χ2v) is 18.3. The Balaban J connectivity index is 0.876. The lowest BCUT2D eigenvalue weighted by atomic mass is 9.99. The standard InChI is InChI=1S/C50H76N2O12/c1-7-55-39(53)31-37(41-43(57-33-35-25-19-17-20-26-35)45-47(59-41)63-49(3,4)61-45)51-29-23-15-13-11-9-10-12-14-16-24-30-52-38(32-40(54)56-8-2)42-44(58-34-36-27-21-18-22-28-36)46-48(60-42)64-50(5,6)62-46/h17-22,25-28,37-38,41-48,51-52H,7-16,23-24,29-34H2,1-6H3/t37-,38-,41?,42?,43-,44-,45+,46+,47+,48+/m0/s1. The molecular formula is C50H76N2O12. The largest absolute Gasteiger partial charge is 0.466 e. The van der Waals surface area contributed by atoms with Crippen molar-refractivity contribution in [1.29, 1.82) is 0 Å². The molecule has 0 amide bonds. The van der Waals surface area contributed by atoms with Gasteiger partial charge in [-0.25, -0.2) is 0 Å². The van der Waals surface area contributed by atoms with E-state index in [9.17, 15) is 9.59 Å². The lowest BCUT2D eigenvalue weighted by Gasteiger charge is -2.31. The van der Waals surface area contributed by atoms with Gasteiger partial charge >= 0.3 is 11.9 Å². The van der Waals surface area contributed by atoms with Crippen LogP contribution in [0.4, 0.5) is 0 Å². The van der Waals surface area contributed by atoms with Crippen molar-refractivity contribution in [2.45, 2.75) is 205 Å². The molecule has 0 aliphatic carbocycles. The summed E-state index contributed by atoms with van der Waals surface area (Å²) in [5.41, 5.74) is 2.10. The summed E-state index contributed by atoms with van der Waals surface area (Å²) < 4.78 is 61.3. The topological polar surface area (TPSA) is 150 Å². The smallest absolute Gasteiger partial charge is 0.307 e. The molecule has 6 rings (SSSR count). The van der Waals surface area contributed by atoms with E-state index >= 15 is 0 Å². The first-order chi connectivity index (χ1) is 30.9. The van der Waals surface area contributed by atoms with Crippen molar-refractivity contribution in [3.63, 3.8) is 0 Å². The van der Waals surface area contributed by atoms with E-state index in [2.05, 4.69) is 10.6 Å². The summed E-state index contributed by atoms with van der Waals surface area (Å²) in [5, 5.41) is 7.24. The first kappa shape index (κ1) is 50.4. The minimum Gasteiger partial charge on any atom is -0.466 e. The number of unbranched alkanes of at least 4 members (excludes halogenated alkanes) is 9.